The highest BCUT2D eigenvalue weighted by Crippen LogP contribution is 2.25. The molecule has 0 unspecified atom stereocenters. The average molecular weight is 395 g/mol. The number of aryl methyl sites for hydroxylation is 3. The van der Waals surface area contributed by atoms with E-state index in [1.54, 1.807) is 35.8 Å². The second-order valence-electron chi connectivity index (χ2n) is 6.40. The van der Waals surface area contributed by atoms with Gasteiger partial charge in [-0.05, 0) is 44.0 Å². The number of nitrogens with zero attached hydrogens (tertiary/aromatic N) is 1. The number of aromatic nitrogens is 1. The van der Waals surface area contributed by atoms with Gasteiger partial charge in [0.1, 0.15) is 5.75 Å². The molecular formula is C21H21N3O3S. The summed E-state index contributed by atoms with van der Waals surface area (Å²) in [6, 6.07) is 10.9. The quantitative estimate of drug-likeness (QED) is 0.651. The molecule has 0 spiro atoms. The fourth-order valence-corrected chi connectivity index (χ4v) is 3.47. The number of rotatable bonds is 6. The van der Waals surface area contributed by atoms with E-state index in [1.165, 1.54) is 11.3 Å². The first-order valence-electron chi connectivity index (χ1n) is 8.74. The zero-order valence-electron chi connectivity index (χ0n) is 15.9. The molecule has 0 fully saturated rings. The largest absolute Gasteiger partial charge is 0.483 e. The Bertz CT molecular complexity index is 977. The van der Waals surface area contributed by atoms with Gasteiger partial charge in [0.25, 0.3) is 11.8 Å². The minimum atomic E-state index is -0.338. The van der Waals surface area contributed by atoms with Crippen LogP contribution in [0.3, 0.4) is 0 Å². The molecule has 0 radical (unpaired) electrons. The summed E-state index contributed by atoms with van der Waals surface area (Å²) in [5.74, 6) is -0.280. The molecule has 28 heavy (non-hydrogen) atoms. The summed E-state index contributed by atoms with van der Waals surface area (Å²) < 4.78 is 5.59. The van der Waals surface area contributed by atoms with Crippen molar-refractivity contribution in [2.24, 2.45) is 0 Å². The van der Waals surface area contributed by atoms with E-state index in [0.717, 1.165) is 22.4 Å². The molecule has 0 aliphatic rings. The second-order valence-corrected chi connectivity index (χ2v) is 7.29. The van der Waals surface area contributed by atoms with Gasteiger partial charge in [0.05, 0.1) is 5.56 Å². The first-order valence-corrected chi connectivity index (χ1v) is 9.62. The molecule has 2 aromatic carbocycles. The number of anilines is 2. The number of carbonyl (C=O) groups is 2. The van der Waals surface area contributed by atoms with Gasteiger partial charge in [-0.2, -0.15) is 0 Å². The lowest BCUT2D eigenvalue weighted by Gasteiger charge is -2.15. The first-order chi connectivity index (χ1) is 13.4. The predicted octanol–water partition coefficient (Wildman–Crippen LogP) is 4.34. The number of carbonyl (C=O) groups excluding carboxylic acids is 2. The molecular weight excluding hydrogens is 374 g/mol. The van der Waals surface area contributed by atoms with Gasteiger partial charge in [0, 0.05) is 17.3 Å². The van der Waals surface area contributed by atoms with Crippen LogP contribution in [-0.2, 0) is 4.79 Å². The number of nitrogens with one attached hydrogen (secondary N) is 2. The van der Waals surface area contributed by atoms with Gasteiger partial charge in [0.15, 0.2) is 11.7 Å². The van der Waals surface area contributed by atoms with Crippen molar-refractivity contribution in [2.75, 3.05) is 17.2 Å². The average Bonchev–Trinajstić information content (AvgIpc) is 3.16. The van der Waals surface area contributed by atoms with Crippen molar-refractivity contribution in [1.82, 2.24) is 4.98 Å². The van der Waals surface area contributed by atoms with E-state index in [1.807, 2.05) is 32.9 Å². The second kappa shape index (κ2) is 8.67. The molecule has 0 saturated carbocycles. The van der Waals surface area contributed by atoms with Crippen LogP contribution >= 0.6 is 11.3 Å². The van der Waals surface area contributed by atoms with Crippen LogP contribution < -0.4 is 15.4 Å². The van der Waals surface area contributed by atoms with Crippen LogP contribution in [0.5, 0.6) is 5.75 Å². The van der Waals surface area contributed by atoms with E-state index in [-0.39, 0.29) is 18.4 Å². The van der Waals surface area contributed by atoms with Gasteiger partial charge < -0.3 is 10.1 Å². The lowest BCUT2D eigenvalue weighted by molar-refractivity contribution is -0.118. The highest BCUT2D eigenvalue weighted by atomic mass is 32.1. The van der Waals surface area contributed by atoms with E-state index in [9.17, 15) is 9.59 Å². The molecule has 0 aliphatic heterocycles. The Balaban J connectivity index is 1.71. The molecule has 0 bridgehead atoms. The molecule has 2 N–H and O–H groups in total. The van der Waals surface area contributed by atoms with Crippen LogP contribution in [0, 0.1) is 20.8 Å². The number of benzene rings is 2. The Morgan fingerprint density at radius 2 is 1.79 bits per heavy atom. The van der Waals surface area contributed by atoms with E-state index in [4.69, 9.17) is 4.74 Å². The normalized spacial score (nSPS) is 10.4. The highest BCUT2D eigenvalue weighted by Gasteiger charge is 2.16. The van der Waals surface area contributed by atoms with Gasteiger partial charge in [-0.1, -0.05) is 29.8 Å². The van der Waals surface area contributed by atoms with Crippen molar-refractivity contribution in [2.45, 2.75) is 20.8 Å². The molecule has 7 heteroatoms. The van der Waals surface area contributed by atoms with Crippen molar-refractivity contribution < 1.29 is 14.3 Å². The standard InChI is InChI=1S/C21H21N3O3S/c1-13-10-14(2)19(15(3)11-13)24-20(26)16-6-4-5-7-17(16)27-12-18(25)23-21-22-8-9-28-21/h4-11H,12H2,1-3H3,(H,24,26)(H,22,23,25). The van der Waals surface area contributed by atoms with E-state index in [0.29, 0.717) is 16.4 Å². The summed E-state index contributed by atoms with van der Waals surface area (Å²) in [7, 11) is 0. The third kappa shape index (κ3) is 4.75. The molecule has 1 heterocycles. The molecule has 1 aromatic heterocycles. The zero-order chi connectivity index (χ0) is 20.1. The van der Waals surface area contributed by atoms with Crippen molar-refractivity contribution in [3.05, 3.63) is 70.2 Å². The van der Waals surface area contributed by atoms with Crippen LogP contribution in [0.25, 0.3) is 0 Å². The lowest BCUT2D eigenvalue weighted by Crippen LogP contribution is -2.21. The van der Waals surface area contributed by atoms with Crippen LogP contribution in [0.4, 0.5) is 10.8 Å². The van der Waals surface area contributed by atoms with Crippen LogP contribution in [0.15, 0.2) is 48.0 Å². The van der Waals surface area contributed by atoms with E-state index in [2.05, 4.69) is 15.6 Å². The molecule has 6 nitrogen and oxygen atoms in total. The fraction of sp³-hybridized carbons (Fsp3) is 0.190. The smallest absolute Gasteiger partial charge is 0.264 e. The minimum Gasteiger partial charge on any atom is -0.483 e. The molecule has 2 amide bonds. The van der Waals surface area contributed by atoms with Crippen molar-refractivity contribution in [3.8, 4) is 5.75 Å². The summed E-state index contributed by atoms with van der Waals surface area (Å²) in [6.45, 7) is 5.72. The Labute approximate surface area is 167 Å². The third-order valence-electron chi connectivity index (χ3n) is 4.08. The summed E-state index contributed by atoms with van der Waals surface area (Å²) in [5.41, 5.74) is 4.28. The molecule has 0 atom stereocenters. The maximum Gasteiger partial charge on any atom is 0.264 e. The van der Waals surface area contributed by atoms with Crippen molar-refractivity contribution in [3.63, 3.8) is 0 Å². The van der Waals surface area contributed by atoms with Crippen LogP contribution in [0.2, 0.25) is 0 Å². The minimum absolute atomic E-state index is 0.216. The van der Waals surface area contributed by atoms with E-state index >= 15 is 0 Å². The van der Waals surface area contributed by atoms with Crippen molar-refractivity contribution >= 4 is 34.0 Å². The monoisotopic (exact) mass is 395 g/mol. The summed E-state index contributed by atoms with van der Waals surface area (Å²) in [5, 5.41) is 7.88. The van der Waals surface area contributed by atoms with Gasteiger partial charge in [-0.25, -0.2) is 4.98 Å². The Morgan fingerprint density at radius 3 is 2.46 bits per heavy atom. The topological polar surface area (TPSA) is 80.3 Å². The number of hydrogen-bond acceptors (Lipinski definition) is 5. The Morgan fingerprint density at radius 1 is 1.07 bits per heavy atom. The van der Waals surface area contributed by atoms with Gasteiger partial charge in [0.2, 0.25) is 0 Å². The Hall–Kier alpha value is -3.19. The van der Waals surface area contributed by atoms with Crippen LogP contribution in [-0.4, -0.2) is 23.4 Å². The fourth-order valence-electron chi connectivity index (χ4n) is 2.92. The SMILES string of the molecule is Cc1cc(C)c(NC(=O)c2ccccc2OCC(=O)Nc2nccs2)c(C)c1. The zero-order valence-corrected chi connectivity index (χ0v) is 16.7. The number of amides is 2. The molecule has 144 valence electrons. The highest BCUT2D eigenvalue weighted by molar-refractivity contribution is 7.13. The Kier molecular flexibility index (Phi) is 6.06. The summed E-state index contributed by atoms with van der Waals surface area (Å²) in [4.78, 5) is 28.8. The molecule has 3 aromatic rings. The van der Waals surface area contributed by atoms with Crippen molar-refractivity contribution in [1.29, 1.82) is 0 Å². The van der Waals surface area contributed by atoms with E-state index < -0.39 is 0 Å². The molecule has 3 rings (SSSR count). The third-order valence-corrected chi connectivity index (χ3v) is 4.77. The number of thiazole rings is 1. The lowest BCUT2D eigenvalue weighted by atomic mass is 10.0. The summed E-state index contributed by atoms with van der Waals surface area (Å²) >= 11 is 1.32. The number of para-hydroxylation sites is 1. The van der Waals surface area contributed by atoms with Gasteiger partial charge >= 0.3 is 0 Å². The molecule has 0 saturated heterocycles. The van der Waals surface area contributed by atoms with Gasteiger partial charge in [-0.3, -0.25) is 14.9 Å². The summed E-state index contributed by atoms with van der Waals surface area (Å²) in [6.07, 6.45) is 1.61. The predicted molar refractivity (Wildman–Crippen MR) is 111 cm³/mol. The first kappa shape index (κ1) is 19.6. The number of hydrogen-bond donors (Lipinski definition) is 2. The van der Waals surface area contributed by atoms with Gasteiger partial charge in [-0.15, -0.1) is 11.3 Å². The number of ether oxygens (including phenoxy) is 1. The van der Waals surface area contributed by atoms with Crippen LogP contribution in [0.1, 0.15) is 27.0 Å². The maximum absolute atomic E-state index is 12.8. The molecule has 0 aliphatic carbocycles. The maximum atomic E-state index is 12.8.